The maximum atomic E-state index is 5.71. The first-order valence-corrected chi connectivity index (χ1v) is 5.10. The summed E-state index contributed by atoms with van der Waals surface area (Å²) in [6.07, 6.45) is 3.60. The predicted octanol–water partition coefficient (Wildman–Crippen LogP) is 2.60. The Morgan fingerprint density at radius 1 is 1.23 bits per heavy atom. The molecule has 0 spiro atoms. The van der Waals surface area contributed by atoms with Crippen molar-refractivity contribution in [3.8, 4) is 0 Å². The molecule has 0 heterocycles. The van der Waals surface area contributed by atoms with Crippen LogP contribution in [0.3, 0.4) is 0 Å². The Labute approximate surface area is 81.0 Å². The molecule has 0 aromatic heterocycles. The number of hydrogen-bond acceptors (Lipinski definition) is 1. The second kappa shape index (κ2) is 5.76. The van der Waals surface area contributed by atoms with E-state index in [9.17, 15) is 0 Å². The van der Waals surface area contributed by atoms with Gasteiger partial charge in [0.15, 0.2) is 0 Å². The molecule has 0 amide bonds. The smallest absolute Gasteiger partial charge is 0.00457 e. The van der Waals surface area contributed by atoms with Crippen molar-refractivity contribution in [2.45, 2.75) is 26.2 Å². The molecule has 13 heavy (non-hydrogen) atoms. The van der Waals surface area contributed by atoms with Gasteiger partial charge in [-0.15, -0.1) is 0 Å². The van der Waals surface area contributed by atoms with Crippen molar-refractivity contribution >= 4 is 0 Å². The van der Waals surface area contributed by atoms with E-state index >= 15 is 0 Å². The van der Waals surface area contributed by atoms with Gasteiger partial charge < -0.3 is 5.73 Å². The van der Waals surface area contributed by atoms with Gasteiger partial charge in [0, 0.05) is 0 Å². The normalized spacial score (nSPS) is 12.8. The highest BCUT2D eigenvalue weighted by molar-refractivity contribution is 5.15. The van der Waals surface area contributed by atoms with Gasteiger partial charge in [0.25, 0.3) is 0 Å². The summed E-state index contributed by atoms with van der Waals surface area (Å²) in [4.78, 5) is 0. The molecule has 1 aromatic carbocycles. The van der Waals surface area contributed by atoms with Gasteiger partial charge in [-0.1, -0.05) is 43.7 Å². The van der Waals surface area contributed by atoms with Crippen LogP contribution in [-0.4, -0.2) is 6.54 Å². The fraction of sp³-hybridized carbons (Fsp3) is 0.500. The zero-order valence-electron chi connectivity index (χ0n) is 8.37. The Hall–Kier alpha value is -0.820. The summed E-state index contributed by atoms with van der Waals surface area (Å²) in [5, 5.41) is 0. The van der Waals surface area contributed by atoms with E-state index in [1.807, 2.05) is 0 Å². The van der Waals surface area contributed by atoms with Crippen LogP contribution in [0.4, 0.5) is 0 Å². The van der Waals surface area contributed by atoms with Gasteiger partial charge in [-0.05, 0) is 30.9 Å². The largest absolute Gasteiger partial charge is 0.330 e. The molecule has 0 radical (unpaired) electrons. The zero-order valence-corrected chi connectivity index (χ0v) is 8.37. The lowest BCUT2D eigenvalue weighted by molar-refractivity contribution is 0.487. The van der Waals surface area contributed by atoms with Gasteiger partial charge in [0.1, 0.15) is 0 Å². The van der Waals surface area contributed by atoms with Crippen molar-refractivity contribution in [3.05, 3.63) is 35.9 Å². The molecule has 1 nitrogen and oxygen atoms in total. The SMILES string of the molecule is CCCC(CN)Cc1ccccc1. The lowest BCUT2D eigenvalue weighted by Crippen LogP contribution is -2.16. The first-order valence-electron chi connectivity index (χ1n) is 5.10. The molecule has 0 saturated carbocycles. The van der Waals surface area contributed by atoms with Crippen molar-refractivity contribution in [2.75, 3.05) is 6.54 Å². The molecule has 0 fully saturated rings. The van der Waals surface area contributed by atoms with Crippen LogP contribution in [0.1, 0.15) is 25.3 Å². The third-order valence-corrected chi connectivity index (χ3v) is 2.40. The van der Waals surface area contributed by atoms with E-state index in [2.05, 4.69) is 37.3 Å². The summed E-state index contributed by atoms with van der Waals surface area (Å²) in [6, 6.07) is 10.6. The van der Waals surface area contributed by atoms with Crippen molar-refractivity contribution in [2.24, 2.45) is 11.7 Å². The highest BCUT2D eigenvalue weighted by Crippen LogP contribution is 2.12. The van der Waals surface area contributed by atoms with Crippen LogP contribution < -0.4 is 5.73 Å². The minimum atomic E-state index is 0.660. The van der Waals surface area contributed by atoms with E-state index in [4.69, 9.17) is 5.73 Å². The van der Waals surface area contributed by atoms with Crippen molar-refractivity contribution in [3.63, 3.8) is 0 Å². The van der Waals surface area contributed by atoms with Crippen LogP contribution in [-0.2, 0) is 6.42 Å². The lowest BCUT2D eigenvalue weighted by atomic mass is 9.95. The van der Waals surface area contributed by atoms with Gasteiger partial charge in [-0.3, -0.25) is 0 Å². The molecule has 0 aliphatic rings. The molecular formula is C12H19N. The first kappa shape index (κ1) is 10.3. The molecule has 0 aliphatic carbocycles. The minimum absolute atomic E-state index is 0.660. The Kier molecular flexibility index (Phi) is 4.55. The molecule has 72 valence electrons. The van der Waals surface area contributed by atoms with Gasteiger partial charge in [0.2, 0.25) is 0 Å². The van der Waals surface area contributed by atoms with Crippen LogP contribution in [0, 0.1) is 5.92 Å². The molecule has 1 aromatic rings. The van der Waals surface area contributed by atoms with Gasteiger partial charge in [-0.25, -0.2) is 0 Å². The van der Waals surface area contributed by atoms with Crippen molar-refractivity contribution < 1.29 is 0 Å². The summed E-state index contributed by atoms with van der Waals surface area (Å²) in [7, 11) is 0. The van der Waals surface area contributed by atoms with Crippen molar-refractivity contribution in [1.29, 1.82) is 0 Å². The van der Waals surface area contributed by atoms with Gasteiger partial charge in [0.05, 0.1) is 0 Å². The second-order valence-electron chi connectivity index (χ2n) is 3.58. The van der Waals surface area contributed by atoms with Crippen LogP contribution in [0.2, 0.25) is 0 Å². The number of hydrogen-bond donors (Lipinski definition) is 1. The van der Waals surface area contributed by atoms with Crippen LogP contribution in [0.15, 0.2) is 30.3 Å². The summed E-state index contributed by atoms with van der Waals surface area (Å²) >= 11 is 0. The fourth-order valence-corrected chi connectivity index (χ4v) is 1.66. The quantitative estimate of drug-likeness (QED) is 0.735. The maximum absolute atomic E-state index is 5.71. The van der Waals surface area contributed by atoms with E-state index in [0.29, 0.717) is 5.92 Å². The lowest BCUT2D eigenvalue weighted by Gasteiger charge is -2.12. The fourth-order valence-electron chi connectivity index (χ4n) is 1.66. The van der Waals surface area contributed by atoms with E-state index in [0.717, 1.165) is 13.0 Å². The molecule has 1 heteroatoms. The first-order chi connectivity index (χ1) is 6.36. The third-order valence-electron chi connectivity index (χ3n) is 2.40. The number of benzene rings is 1. The Balaban J connectivity index is 2.46. The van der Waals surface area contributed by atoms with Crippen molar-refractivity contribution in [1.82, 2.24) is 0 Å². The Morgan fingerprint density at radius 2 is 1.92 bits per heavy atom. The Morgan fingerprint density at radius 3 is 2.46 bits per heavy atom. The van der Waals surface area contributed by atoms with Crippen LogP contribution in [0.5, 0.6) is 0 Å². The van der Waals surface area contributed by atoms with Crippen LogP contribution in [0.25, 0.3) is 0 Å². The monoisotopic (exact) mass is 177 g/mol. The van der Waals surface area contributed by atoms with E-state index < -0.39 is 0 Å². The van der Waals surface area contributed by atoms with Crippen LogP contribution >= 0.6 is 0 Å². The topological polar surface area (TPSA) is 26.0 Å². The molecule has 0 aliphatic heterocycles. The summed E-state index contributed by atoms with van der Waals surface area (Å²) in [5.74, 6) is 0.660. The maximum Gasteiger partial charge on any atom is -0.00457 e. The summed E-state index contributed by atoms with van der Waals surface area (Å²) < 4.78 is 0. The summed E-state index contributed by atoms with van der Waals surface area (Å²) in [5.41, 5.74) is 7.12. The molecule has 1 atom stereocenters. The van der Waals surface area contributed by atoms with E-state index in [1.165, 1.54) is 18.4 Å². The number of nitrogens with two attached hydrogens (primary N) is 1. The molecule has 0 bridgehead atoms. The minimum Gasteiger partial charge on any atom is -0.330 e. The second-order valence-corrected chi connectivity index (χ2v) is 3.58. The average Bonchev–Trinajstić information content (AvgIpc) is 2.19. The molecule has 1 unspecified atom stereocenters. The molecule has 1 rings (SSSR count). The van der Waals surface area contributed by atoms with E-state index in [-0.39, 0.29) is 0 Å². The van der Waals surface area contributed by atoms with Gasteiger partial charge >= 0.3 is 0 Å². The third kappa shape index (κ3) is 3.60. The summed E-state index contributed by atoms with van der Waals surface area (Å²) in [6.45, 7) is 3.02. The molecular weight excluding hydrogens is 158 g/mol. The van der Waals surface area contributed by atoms with E-state index in [1.54, 1.807) is 0 Å². The zero-order chi connectivity index (χ0) is 9.52. The van der Waals surface area contributed by atoms with Gasteiger partial charge in [-0.2, -0.15) is 0 Å². The molecule has 2 N–H and O–H groups in total. The highest BCUT2D eigenvalue weighted by Gasteiger charge is 2.05. The highest BCUT2D eigenvalue weighted by atomic mass is 14.5. The average molecular weight is 177 g/mol. The Bertz CT molecular complexity index is 218. The standard InChI is InChI=1S/C12H19N/c1-2-6-12(10-13)9-11-7-4-3-5-8-11/h3-5,7-8,12H,2,6,9-10,13H2,1H3. The molecule has 0 saturated heterocycles. The predicted molar refractivity (Wildman–Crippen MR) is 57.6 cm³/mol. The number of rotatable bonds is 5.